The lowest BCUT2D eigenvalue weighted by Crippen LogP contribution is -2.55. The Labute approximate surface area is 484 Å². The van der Waals surface area contributed by atoms with Gasteiger partial charge in [0.2, 0.25) is 17.7 Å². The number of urea groups is 1. The molecular formula is C54H87N9O20. The van der Waals surface area contributed by atoms with Crippen molar-refractivity contribution in [1.29, 1.82) is 0 Å². The third-order valence-corrected chi connectivity index (χ3v) is 11.6. The van der Waals surface area contributed by atoms with Crippen molar-refractivity contribution in [1.82, 2.24) is 35.8 Å². The molecule has 0 saturated heterocycles. The van der Waals surface area contributed by atoms with Crippen molar-refractivity contribution >= 4 is 47.2 Å². The van der Waals surface area contributed by atoms with Gasteiger partial charge in [0.1, 0.15) is 24.4 Å². The van der Waals surface area contributed by atoms with Crippen LogP contribution in [0.25, 0.3) is 0 Å². The molecule has 29 nitrogen and oxygen atoms in total. The maximum Gasteiger partial charge on any atom is 0.312 e. The third kappa shape index (κ3) is 33.7. The molecule has 468 valence electrons. The first kappa shape index (κ1) is 71.2. The molecule has 1 aromatic heterocycles. The summed E-state index contributed by atoms with van der Waals surface area (Å²) in [6, 6.07) is 2.31. The molecule has 1 aromatic carbocycles. The number of esters is 1. The number of anilines is 1. The number of hydrogen-bond donors (Lipinski definition) is 5. The predicted molar refractivity (Wildman–Crippen MR) is 295 cm³/mol. The van der Waals surface area contributed by atoms with Crippen LogP contribution in [0.5, 0.6) is 0 Å². The van der Waals surface area contributed by atoms with Crippen LogP contribution in [-0.2, 0) is 103 Å². The minimum atomic E-state index is -1.19. The molecule has 0 aliphatic carbocycles. The molecule has 1 aliphatic rings. The van der Waals surface area contributed by atoms with Crippen LogP contribution in [0.15, 0.2) is 42.6 Å². The highest BCUT2D eigenvalue weighted by molar-refractivity contribution is 6.13. The third-order valence-electron chi connectivity index (χ3n) is 11.6. The molecule has 6 N–H and O–H groups in total. The molecular weight excluding hydrogens is 1090 g/mol. The van der Waals surface area contributed by atoms with Gasteiger partial charge in [0, 0.05) is 38.4 Å². The van der Waals surface area contributed by atoms with E-state index < -0.39 is 72.0 Å². The maximum absolute atomic E-state index is 13.9. The van der Waals surface area contributed by atoms with Gasteiger partial charge in [0.15, 0.2) is 0 Å². The molecule has 0 saturated carbocycles. The Balaban J connectivity index is 1.26. The van der Waals surface area contributed by atoms with Crippen molar-refractivity contribution < 1.29 is 95.1 Å². The first-order valence-corrected chi connectivity index (χ1v) is 27.7. The van der Waals surface area contributed by atoms with E-state index in [2.05, 4.69) is 31.6 Å². The zero-order chi connectivity index (χ0) is 60.1. The largest absolute Gasteiger partial charge is 0.461 e. The maximum atomic E-state index is 13.9. The Morgan fingerprint density at radius 2 is 1.05 bits per heavy atom. The minimum absolute atomic E-state index is 0.0470. The Morgan fingerprint density at radius 3 is 1.47 bits per heavy atom. The summed E-state index contributed by atoms with van der Waals surface area (Å²) < 4.78 is 71.9. The number of amides is 7. The number of nitrogens with two attached hydrogens (primary N) is 1. The number of benzene rings is 1. The Bertz CT molecular complexity index is 2150. The van der Waals surface area contributed by atoms with E-state index in [-0.39, 0.29) is 51.4 Å². The van der Waals surface area contributed by atoms with Gasteiger partial charge in [0.25, 0.3) is 11.8 Å². The second-order valence-corrected chi connectivity index (χ2v) is 18.5. The molecule has 2 aromatic rings. The molecule has 83 heavy (non-hydrogen) atoms. The fourth-order valence-electron chi connectivity index (χ4n) is 7.31. The van der Waals surface area contributed by atoms with E-state index in [1.54, 1.807) is 45.2 Å². The summed E-state index contributed by atoms with van der Waals surface area (Å²) in [6.07, 6.45) is 3.54. The highest BCUT2D eigenvalue weighted by Crippen LogP contribution is 2.26. The summed E-state index contributed by atoms with van der Waals surface area (Å²) in [5, 5.41) is 18.9. The molecule has 1 aliphatic heterocycles. The summed E-state index contributed by atoms with van der Waals surface area (Å²) in [6.45, 7) is 15.2. The molecule has 0 bridgehead atoms. The normalized spacial score (nSPS) is 13.3. The van der Waals surface area contributed by atoms with Crippen molar-refractivity contribution in [2.45, 2.75) is 71.3 Å². The lowest BCUT2D eigenvalue weighted by Gasteiger charge is -2.27. The van der Waals surface area contributed by atoms with E-state index in [0.29, 0.717) is 150 Å². The van der Waals surface area contributed by atoms with Gasteiger partial charge in [-0.2, -0.15) is 0 Å². The Kier molecular flexibility index (Phi) is 38.9. The van der Waals surface area contributed by atoms with Crippen LogP contribution < -0.4 is 27.0 Å². The van der Waals surface area contributed by atoms with Gasteiger partial charge < -0.3 is 88.6 Å². The number of aromatic nitrogens is 3. The molecule has 7 amide bonds. The molecule has 2 heterocycles. The van der Waals surface area contributed by atoms with Crippen molar-refractivity contribution in [3.63, 3.8) is 0 Å². The van der Waals surface area contributed by atoms with Crippen LogP contribution in [0.1, 0.15) is 57.3 Å². The summed E-state index contributed by atoms with van der Waals surface area (Å²) in [4.78, 5) is 90.4. The summed E-state index contributed by atoms with van der Waals surface area (Å²) in [5.74, 6) is -4.21. The van der Waals surface area contributed by atoms with Crippen LogP contribution in [0.3, 0.4) is 0 Å². The lowest BCUT2D eigenvalue weighted by atomic mass is 10.0. The fourth-order valence-corrected chi connectivity index (χ4v) is 7.31. The monoisotopic (exact) mass is 1180 g/mol. The second kappa shape index (κ2) is 45.4. The van der Waals surface area contributed by atoms with Gasteiger partial charge in [-0.25, -0.2) is 9.48 Å². The second-order valence-electron chi connectivity index (χ2n) is 18.5. The summed E-state index contributed by atoms with van der Waals surface area (Å²) >= 11 is 0. The van der Waals surface area contributed by atoms with Gasteiger partial charge in [-0.3, -0.25) is 33.7 Å². The van der Waals surface area contributed by atoms with Crippen LogP contribution in [0.2, 0.25) is 0 Å². The molecule has 0 radical (unpaired) electrons. The average Bonchev–Trinajstić information content (AvgIpc) is 4.05. The zero-order valence-electron chi connectivity index (χ0n) is 48.4. The summed E-state index contributed by atoms with van der Waals surface area (Å²) in [5.41, 5.74) is 6.42. The highest BCUT2D eigenvalue weighted by atomic mass is 16.6. The lowest BCUT2D eigenvalue weighted by molar-refractivity contribution is -0.143. The molecule has 3 rings (SSSR count). The van der Waals surface area contributed by atoms with E-state index in [4.69, 9.17) is 67.3 Å². The number of hydrogen-bond acceptors (Lipinski definition) is 22. The van der Waals surface area contributed by atoms with E-state index in [1.165, 1.54) is 17.8 Å². The van der Waals surface area contributed by atoms with Crippen LogP contribution in [-0.4, -0.2) is 239 Å². The van der Waals surface area contributed by atoms with Gasteiger partial charge in [-0.15, -0.1) is 5.10 Å². The Morgan fingerprint density at radius 1 is 0.602 bits per heavy atom. The molecule has 0 fully saturated rings. The van der Waals surface area contributed by atoms with Gasteiger partial charge >= 0.3 is 12.0 Å². The number of nitrogens with zero attached hydrogens (tertiary/aromatic N) is 4. The molecule has 3 atom stereocenters. The average molecular weight is 1180 g/mol. The predicted octanol–water partition coefficient (Wildman–Crippen LogP) is 0.239. The van der Waals surface area contributed by atoms with Crippen LogP contribution >= 0.6 is 0 Å². The number of methoxy groups -OCH3 is 1. The van der Waals surface area contributed by atoms with Crippen LogP contribution in [0.4, 0.5) is 10.5 Å². The number of imide groups is 1. The summed E-state index contributed by atoms with van der Waals surface area (Å²) in [7, 11) is 1.63. The topological polar surface area (TPSA) is 348 Å². The smallest absolute Gasteiger partial charge is 0.312 e. The quantitative estimate of drug-likeness (QED) is 0.0336. The van der Waals surface area contributed by atoms with Crippen molar-refractivity contribution in [3.8, 4) is 0 Å². The number of rotatable bonds is 52. The standard InChI is InChI=1S/C54H87N9O20/c1-41(2)51(53(69)58-45(6-5-13-56-54(55)70)52(68)57-44-9-7-43(8-10-44)40-83-42(3)64)59-48(65)38-47(63-49(66)11-12-50(63)67)46-39-62(61-60-46)14-15-72-18-19-74-22-23-76-26-27-78-30-31-80-34-35-82-37-36-81-33-32-79-29-28-77-25-24-75-21-20-73-17-16-71-4/h7-12,39,41,45,47,51H,5-6,13-38,40H2,1-4H3,(H,57,68)(H,58,69)(H,59,65)(H3,55,56,70)/t45-,47+,51-/m0/s1. The molecule has 29 heteroatoms. The number of carbonyl (C=O) groups excluding carboxylic acids is 7. The fraction of sp³-hybridized carbons (Fsp3) is 0.685. The minimum Gasteiger partial charge on any atom is -0.461 e. The van der Waals surface area contributed by atoms with E-state index in [1.807, 2.05) is 0 Å². The Hall–Kier alpha value is -6.09. The zero-order valence-corrected chi connectivity index (χ0v) is 48.4. The first-order valence-electron chi connectivity index (χ1n) is 27.7. The van der Waals surface area contributed by atoms with Crippen molar-refractivity contribution in [2.24, 2.45) is 11.7 Å². The van der Waals surface area contributed by atoms with Gasteiger partial charge in [-0.1, -0.05) is 31.2 Å². The SMILES string of the molecule is COCCOCCOCCOCCOCCOCCOCCOCCOCCOCCOCCOCCn1cc([C@@H](CC(=O)N[C@H](C(=O)N[C@@H](CCCNC(N)=O)C(=O)Nc2ccc(COC(C)=O)cc2)C(C)C)N2C(=O)C=CC2=O)nn1. The number of ether oxygens (including phenoxy) is 13. The highest BCUT2D eigenvalue weighted by Gasteiger charge is 2.37. The molecule has 0 unspecified atom stereocenters. The van der Waals surface area contributed by atoms with E-state index >= 15 is 0 Å². The van der Waals surface area contributed by atoms with Crippen molar-refractivity contribution in [2.75, 3.05) is 171 Å². The van der Waals surface area contributed by atoms with Gasteiger partial charge in [0.05, 0.1) is 177 Å². The van der Waals surface area contributed by atoms with E-state index in [9.17, 15) is 33.6 Å². The number of carbonyl (C=O) groups is 7. The number of primary amides is 1. The molecule has 0 spiro atoms. The van der Waals surface area contributed by atoms with Gasteiger partial charge in [-0.05, 0) is 36.5 Å². The number of nitrogens with one attached hydrogen (secondary N) is 4. The van der Waals surface area contributed by atoms with Crippen LogP contribution in [0, 0.1) is 5.92 Å². The van der Waals surface area contributed by atoms with Crippen molar-refractivity contribution in [3.05, 3.63) is 53.9 Å². The van der Waals surface area contributed by atoms with E-state index in [0.717, 1.165) is 17.1 Å². The first-order chi connectivity index (χ1) is 40.3.